The molecule has 0 unspecified atom stereocenters. The first-order valence-electron chi connectivity index (χ1n) is 31.0. The highest BCUT2D eigenvalue weighted by Gasteiger charge is 2.82. The quantitative estimate of drug-likeness (QED) is 0.0231. The van der Waals surface area contributed by atoms with Crippen molar-refractivity contribution in [2.75, 3.05) is 105 Å². The van der Waals surface area contributed by atoms with E-state index in [1.807, 2.05) is 0 Å². The zero-order valence-corrected chi connectivity index (χ0v) is 57.2. The summed E-state index contributed by atoms with van der Waals surface area (Å²) in [6.07, 6.45) is 14.1. The average Bonchev–Trinajstić information content (AvgIpc) is 3.36. The van der Waals surface area contributed by atoms with Crippen LogP contribution in [0.15, 0.2) is 0 Å². The SMILES string of the molecule is CCCNCCC[Si]12O[Si]3(CCCNCCC)O[Si]4(CCCNCCC)O[Si](CCCNCCC)(O1)O[Si]1(CCCNCCC)O[Si](CCCNCCC)(O2)O[Si](CCCNCCC)(O3)O[Si](CCCNCCC)(O4)O1. The summed E-state index contributed by atoms with van der Waals surface area (Å²) in [6, 6.07) is 3.86. The summed E-state index contributed by atoms with van der Waals surface area (Å²) in [7, 11) is -32.4. The molecule has 6 aliphatic rings. The maximum Gasteiger partial charge on any atom is 0.478 e. The van der Waals surface area contributed by atoms with E-state index in [1.165, 1.54) is 0 Å². The number of nitrogens with one attached hydrogen (secondary N) is 8. The molecule has 6 aliphatic heterocycles. The Kier molecular flexibility index (Phi) is 32.0. The van der Waals surface area contributed by atoms with Crippen molar-refractivity contribution in [3.05, 3.63) is 0 Å². The molecule has 0 aromatic heterocycles. The standard InChI is InChI=1S/C48H112N8O12Si8/c1-9-25-49-33-17-41-69-57-70(42-18-34-50-26-10-2)60-73(45-21-37-53-29-13-5)62-71(58-69,43-19-35-51-27-11-3)64-75(47-23-39-55-31-15-7)65-72(59-69,44-20-36-52-28-12-4)63-74(61-70,46-22-38-54-30-14-6)67-76(66-73,68-75)48-24-40-56-32-16-8/h49-56H,9-48H2,1-8H3. The Balaban J connectivity index is 1.85. The molecule has 20 nitrogen and oxygen atoms in total. The molecule has 0 spiro atoms. The Morgan fingerprint density at radius 1 is 0.171 bits per heavy atom. The van der Waals surface area contributed by atoms with Gasteiger partial charge in [0.2, 0.25) is 0 Å². The van der Waals surface area contributed by atoms with Crippen molar-refractivity contribution < 1.29 is 49.4 Å². The summed E-state index contributed by atoms with van der Waals surface area (Å²) in [6.45, 7) is 31.0. The van der Waals surface area contributed by atoms with Crippen LogP contribution in [0.3, 0.4) is 0 Å². The van der Waals surface area contributed by atoms with Crippen molar-refractivity contribution in [3.63, 3.8) is 0 Å². The maximum absolute atomic E-state index is 8.14. The van der Waals surface area contributed by atoms with Crippen LogP contribution in [0.1, 0.15) is 158 Å². The van der Waals surface area contributed by atoms with Gasteiger partial charge in [-0.15, -0.1) is 0 Å². The van der Waals surface area contributed by atoms with Crippen LogP contribution in [0.2, 0.25) is 48.4 Å². The van der Waals surface area contributed by atoms with Crippen LogP contribution < -0.4 is 42.5 Å². The van der Waals surface area contributed by atoms with Crippen LogP contribution in [0.25, 0.3) is 0 Å². The van der Waals surface area contributed by atoms with E-state index in [4.69, 9.17) is 49.4 Å². The third-order valence-electron chi connectivity index (χ3n) is 13.8. The van der Waals surface area contributed by atoms with Gasteiger partial charge in [0, 0.05) is 48.4 Å². The minimum Gasteiger partial charge on any atom is -0.373 e. The van der Waals surface area contributed by atoms with Gasteiger partial charge in [-0.05, 0) is 207 Å². The van der Waals surface area contributed by atoms with Crippen LogP contribution in [0.5, 0.6) is 0 Å². The van der Waals surface area contributed by atoms with Crippen molar-refractivity contribution >= 4 is 70.4 Å². The molecule has 448 valence electrons. The molecule has 6 heterocycles. The fraction of sp³-hybridized carbons (Fsp3) is 1.00. The van der Waals surface area contributed by atoms with Crippen LogP contribution >= 0.6 is 0 Å². The Labute approximate surface area is 471 Å². The second kappa shape index (κ2) is 35.9. The summed E-state index contributed by atoms with van der Waals surface area (Å²) in [5.41, 5.74) is 0. The lowest BCUT2D eigenvalue weighted by molar-refractivity contribution is -0.0311. The molecule has 0 amide bonds. The van der Waals surface area contributed by atoms with E-state index in [9.17, 15) is 0 Å². The molecule has 6 saturated heterocycles. The molecule has 0 atom stereocenters. The van der Waals surface area contributed by atoms with Crippen molar-refractivity contribution in [2.24, 2.45) is 0 Å². The molecule has 28 heteroatoms. The van der Waals surface area contributed by atoms with Gasteiger partial charge in [0.25, 0.3) is 0 Å². The third kappa shape index (κ3) is 21.8. The fourth-order valence-corrected chi connectivity index (χ4v) is 60.8. The van der Waals surface area contributed by atoms with Gasteiger partial charge in [-0.25, -0.2) is 0 Å². The van der Waals surface area contributed by atoms with E-state index in [0.29, 0.717) is 48.4 Å². The molecule has 76 heavy (non-hydrogen) atoms. The highest BCUT2D eigenvalue weighted by atomic mass is 28.6. The first-order valence-corrected chi connectivity index (χ1v) is 46.5. The smallest absolute Gasteiger partial charge is 0.373 e. The van der Waals surface area contributed by atoms with Gasteiger partial charge in [0.15, 0.2) is 0 Å². The van der Waals surface area contributed by atoms with Gasteiger partial charge in [0.05, 0.1) is 0 Å². The molecule has 0 aliphatic carbocycles. The third-order valence-corrected chi connectivity index (χ3v) is 51.4. The molecule has 0 aromatic carbocycles. The Bertz CT molecular complexity index is 1170. The van der Waals surface area contributed by atoms with E-state index in [0.717, 1.165) is 207 Å². The predicted octanol–water partition coefficient (Wildman–Crippen LogP) is 6.88. The largest absolute Gasteiger partial charge is 0.478 e. The maximum atomic E-state index is 8.14. The summed E-state index contributed by atoms with van der Waals surface area (Å²) in [5, 5.41) is 29.4. The summed E-state index contributed by atoms with van der Waals surface area (Å²) in [5.74, 6) is 0. The summed E-state index contributed by atoms with van der Waals surface area (Å²) in [4.78, 5) is 0. The Morgan fingerprint density at radius 2 is 0.276 bits per heavy atom. The lowest BCUT2D eigenvalue weighted by Gasteiger charge is -2.63. The van der Waals surface area contributed by atoms with Crippen molar-refractivity contribution in [1.82, 2.24) is 42.5 Å². The second-order valence-electron chi connectivity index (χ2n) is 21.5. The first-order chi connectivity index (χ1) is 37.0. The van der Waals surface area contributed by atoms with E-state index < -0.39 is 70.4 Å². The molecular weight excluding hydrogens is 1110 g/mol. The number of hydrogen-bond acceptors (Lipinski definition) is 20. The van der Waals surface area contributed by atoms with Crippen molar-refractivity contribution in [2.45, 2.75) is 206 Å². The normalized spacial score (nSPS) is 31.9. The summed E-state index contributed by atoms with van der Waals surface area (Å²) >= 11 is 0. The molecule has 6 fully saturated rings. The van der Waals surface area contributed by atoms with Gasteiger partial charge < -0.3 is 91.9 Å². The number of hydrogen-bond donors (Lipinski definition) is 8. The van der Waals surface area contributed by atoms with Crippen LogP contribution in [-0.4, -0.2) is 175 Å². The fourth-order valence-electron chi connectivity index (χ4n) is 10.4. The zero-order valence-electron chi connectivity index (χ0n) is 49.2. The van der Waals surface area contributed by atoms with Crippen molar-refractivity contribution in [1.29, 1.82) is 0 Å². The molecule has 6 rings (SSSR count). The second-order valence-corrected chi connectivity index (χ2v) is 46.2. The lowest BCUT2D eigenvalue weighted by atomic mass is 10.4. The van der Waals surface area contributed by atoms with Gasteiger partial charge in [-0.3, -0.25) is 0 Å². The van der Waals surface area contributed by atoms with Gasteiger partial charge >= 0.3 is 70.4 Å². The van der Waals surface area contributed by atoms with Crippen LogP contribution in [0, 0.1) is 0 Å². The number of rotatable bonds is 48. The van der Waals surface area contributed by atoms with Gasteiger partial charge in [0.1, 0.15) is 0 Å². The Hall–Kier alpha value is 0.935. The monoisotopic (exact) mass is 1220 g/mol. The first kappa shape index (κ1) is 67.7. The van der Waals surface area contributed by atoms with Crippen LogP contribution in [0.4, 0.5) is 0 Å². The Morgan fingerprint density at radius 3 is 0.368 bits per heavy atom. The predicted molar refractivity (Wildman–Crippen MR) is 320 cm³/mol. The van der Waals surface area contributed by atoms with Gasteiger partial charge in [-0.1, -0.05) is 55.4 Å². The van der Waals surface area contributed by atoms with E-state index in [1.54, 1.807) is 0 Å². The van der Waals surface area contributed by atoms with E-state index in [2.05, 4.69) is 97.9 Å². The van der Waals surface area contributed by atoms with Crippen molar-refractivity contribution in [3.8, 4) is 0 Å². The lowest BCUT2D eigenvalue weighted by Crippen LogP contribution is -2.88. The minimum atomic E-state index is -4.06. The highest BCUT2D eigenvalue weighted by molar-refractivity contribution is 7.03. The topological polar surface area (TPSA) is 207 Å². The van der Waals surface area contributed by atoms with E-state index in [-0.39, 0.29) is 0 Å². The molecular formula is C48H112N8O12Si8. The van der Waals surface area contributed by atoms with Gasteiger partial charge in [-0.2, -0.15) is 0 Å². The molecule has 8 bridgehead atoms. The highest BCUT2D eigenvalue weighted by Crippen LogP contribution is 2.54. The summed E-state index contributed by atoms with van der Waals surface area (Å²) < 4.78 is 97.7. The molecule has 0 aromatic rings. The van der Waals surface area contributed by atoms with E-state index >= 15 is 0 Å². The molecule has 0 saturated carbocycles. The van der Waals surface area contributed by atoms with Crippen LogP contribution in [-0.2, 0) is 49.4 Å². The average molecular weight is 1220 g/mol. The molecule has 8 N–H and O–H groups in total. The zero-order chi connectivity index (χ0) is 54.4. The molecule has 0 radical (unpaired) electrons. The minimum absolute atomic E-state index is 0.483.